The zero-order chi connectivity index (χ0) is 20.7. The summed E-state index contributed by atoms with van der Waals surface area (Å²) in [5.74, 6) is -11.3. The van der Waals surface area contributed by atoms with E-state index >= 15 is 0 Å². The first-order valence-corrected chi connectivity index (χ1v) is 7.82. The molecule has 0 saturated heterocycles. The Morgan fingerprint density at radius 1 is 0.536 bits per heavy atom. The van der Waals surface area contributed by atoms with E-state index in [2.05, 4.69) is 10.9 Å². The van der Waals surface area contributed by atoms with Crippen molar-refractivity contribution in [1.82, 2.24) is 0 Å². The molecule has 4 N–H and O–H groups in total. The van der Waals surface area contributed by atoms with Crippen LogP contribution < -0.4 is 16.3 Å². The van der Waals surface area contributed by atoms with Crippen molar-refractivity contribution >= 4 is 24.0 Å². The number of halogens is 5. The van der Waals surface area contributed by atoms with Gasteiger partial charge in [0.25, 0.3) is 0 Å². The maximum Gasteiger partial charge on any atom is 0.494 e. The third-order valence-corrected chi connectivity index (χ3v) is 3.40. The SMILES string of the molecule is OB(O)c1c(F)c(F)c(F)c(F)c1F.c1ccc(NNc2ccccc2)cc1. The molecule has 0 aliphatic rings. The van der Waals surface area contributed by atoms with Gasteiger partial charge in [0.15, 0.2) is 29.1 Å². The number of rotatable bonds is 4. The molecule has 4 nitrogen and oxygen atoms in total. The summed E-state index contributed by atoms with van der Waals surface area (Å²) in [6.45, 7) is 0. The Balaban J connectivity index is 0.000000200. The van der Waals surface area contributed by atoms with E-state index in [9.17, 15) is 22.0 Å². The molecule has 0 saturated carbocycles. The van der Waals surface area contributed by atoms with Gasteiger partial charge in [0.2, 0.25) is 0 Å². The molecule has 0 amide bonds. The highest BCUT2D eigenvalue weighted by Gasteiger charge is 2.31. The van der Waals surface area contributed by atoms with Gasteiger partial charge in [-0.05, 0) is 24.3 Å². The average Bonchev–Trinajstić information content (AvgIpc) is 2.71. The van der Waals surface area contributed by atoms with E-state index in [-0.39, 0.29) is 0 Å². The molecule has 0 atom stereocenters. The van der Waals surface area contributed by atoms with Gasteiger partial charge >= 0.3 is 7.12 Å². The first kappa shape index (κ1) is 21.2. The van der Waals surface area contributed by atoms with Crippen molar-refractivity contribution in [2.45, 2.75) is 0 Å². The fourth-order valence-electron chi connectivity index (χ4n) is 2.04. The van der Waals surface area contributed by atoms with E-state index in [1.54, 1.807) is 0 Å². The maximum atomic E-state index is 12.6. The molecule has 28 heavy (non-hydrogen) atoms. The van der Waals surface area contributed by atoms with E-state index < -0.39 is 41.7 Å². The van der Waals surface area contributed by atoms with Crippen molar-refractivity contribution in [3.05, 3.63) is 89.7 Å². The molecule has 0 aliphatic heterocycles. The van der Waals surface area contributed by atoms with E-state index in [1.807, 2.05) is 60.7 Å². The topological polar surface area (TPSA) is 64.5 Å². The van der Waals surface area contributed by atoms with Gasteiger partial charge in [-0.3, -0.25) is 0 Å². The molecule has 0 aromatic heterocycles. The first-order chi connectivity index (χ1) is 13.3. The minimum Gasteiger partial charge on any atom is -0.423 e. The van der Waals surface area contributed by atoms with Gasteiger partial charge in [-0.15, -0.1) is 0 Å². The van der Waals surface area contributed by atoms with Crippen molar-refractivity contribution in [3.8, 4) is 0 Å². The van der Waals surface area contributed by atoms with Crippen LogP contribution in [0, 0.1) is 29.1 Å². The average molecular weight is 396 g/mol. The summed E-state index contributed by atoms with van der Waals surface area (Å²) in [6.07, 6.45) is 0. The Hall–Kier alpha value is -3.11. The van der Waals surface area contributed by atoms with Crippen LogP contribution in [0.1, 0.15) is 0 Å². The summed E-state index contributed by atoms with van der Waals surface area (Å²) in [6, 6.07) is 20.0. The van der Waals surface area contributed by atoms with Gasteiger partial charge in [-0.2, -0.15) is 0 Å². The Morgan fingerprint density at radius 2 is 0.857 bits per heavy atom. The lowest BCUT2D eigenvalue weighted by Gasteiger charge is -2.08. The molecular weight excluding hydrogens is 382 g/mol. The molecule has 3 aromatic carbocycles. The number of benzene rings is 3. The molecule has 0 heterocycles. The Bertz CT molecular complexity index is 846. The maximum absolute atomic E-state index is 12.6. The van der Waals surface area contributed by atoms with Crippen molar-refractivity contribution in [1.29, 1.82) is 0 Å². The molecule has 146 valence electrons. The van der Waals surface area contributed by atoms with Crippen LogP contribution in [0.2, 0.25) is 0 Å². The van der Waals surface area contributed by atoms with Crippen LogP contribution in [-0.2, 0) is 0 Å². The van der Waals surface area contributed by atoms with Crippen molar-refractivity contribution in [2.75, 3.05) is 10.9 Å². The Morgan fingerprint density at radius 3 is 1.18 bits per heavy atom. The summed E-state index contributed by atoms with van der Waals surface area (Å²) >= 11 is 0. The summed E-state index contributed by atoms with van der Waals surface area (Å²) in [5.41, 5.74) is 6.66. The molecule has 0 bridgehead atoms. The molecule has 0 aliphatic carbocycles. The van der Waals surface area contributed by atoms with E-state index in [0.29, 0.717) is 0 Å². The number of hydrazine groups is 1. The third kappa shape index (κ3) is 5.21. The van der Waals surface area contributed by atoms with Crippen LogP contribution in [0.4, 0.5) is 33.3 Å². The van der Waals surface area contributed by atoms with Crippen LogP contribution in [0.3, 0.4) is 0 Å². The zero-order valence-corrected chi connectivity index (χ0v) is 14.1. The highest BCUT2D eigenvalue weighted by Crippen LogP contribution is 2.16. The Kier molecular flexibility index (Phi) is 7.36. The third-order valence-electron chi connectivity index (χ3n) is 3.40. The lowest BCUT2D eigenvalue weighted by atomic mass is 9.79. The Labute approximate surface area is 157 Å². The molecule has 3 rings (SSSR count). The number of nitrogens with one attached hydrogen (secondary N) is 2. The fourth-order valence-corrected chi connectivity index (χ4v) is 2.04. The summed E-state index contributed by atoms with van der Waals surface area (Å²) < 4.78 is 62.4. The normalized spacial score (nSPS) is 9.96. The number of hydrogen-bond donors (Lipinski definition) is 4. The lowest BCUT2D eigenvalue weighted by molar-refractivity contribution is 0.373. The number of para-hydroxylation sites is 2. The van der Waals surface area contributed by atoms with Gasteiger partial charge in [0, 0.05) is 0 Å². The lowest BCUT2D eigenvalue weighted by Crippen LogP contribution is -2.38. The minimum atomic E-state index is -2.76. The van der Waals surface area contributed by atoms with Crippen LogP contribution >= 0.6 is 0 Å². The molecule has 0 fully saturated rings. The van der Waals surface area contributed by atoms with Gasteiger partial charge < -0.3 is 20.9 Å². The first-order valence-electron chi connectivity index (χ1n) is 7.82. The molecule has 10 heteroatoms. The summed E-state index contributed by atoms with van der Waals surface area (Å²) in [4.78, 5) is 0. The van der Waals surface area contributed by atoms with Crippen LogP contribution in [0.5, 0.6) is 0 Å². The minimum absolute atomic E-state index is 1.05. The zero-order valence-electron chi connectivity index (χ0n) is 14.1. The number of anilines is 2. The van der Waals surface area contributed by atoms with Crippen LogP contribution in [-0.4, -0.2) is 17.2 Å². The quantitative estimate of drug-likeness (QED) is 0.180. The molecule has 3 aromatic rings. The van der Waals surface area contributed by atoms with Gasteiger partial charge in [0.05, 0.1) is 16.8 Å². The molecule has 0 unspecified atom stereocenters. The van der Waals surface area contributed by atoms with Crippen molar-refractivity contribution < 1.29 is 32.0 Å². The van der Waals surface area contributed by atoms with Crippen LogP contribution in [0.15, 0.2) is 60.7 Å². The predicted molar refractivity (Wildman–Crippen MR) is 96.2 cm³/mol. The standard InChI is InChI=1S/C12H12N2.C6H2BF5O2/c1-3-7-11(8-4-1)13-14-12-9-5-2-6-10-12;8-2-1(7(13)14)3(9)5(11)6(12)4(2)10/h1-10,13-14H;13-14H. The second-order valence-electron chi connectivity index (χ2n) is 5.34. The van der Waals surface area contributed by atoms with Gasteiger partial charge in [-0.1, -0.05) is 36.4 Å². The van der Waals surface area contributed by atoms with E-state index in [4.69, 9.17) is 10.0 Å². The highest BCUT2D eigenvalue weighted by molar-refractivity contribution is 6.58. The van der Waals surface area contributed by atoms with E-state index in [0.717, 1.165) is 11.4 Å². The van der Waals surface area contributed by atoms with Crippen LogP contribution in [0.25, 0.3) is 0 Å². The smallest absolute Gasteiger partial charge is 0.423 e. The second-order valence-corrected chi connectivity index (χ2v) is 5.34. The van der Waals surface area contributed by atoms with Crippen molar-refractivity contribution in [3.63, 3.8) is 0 Å². The fraction of sp³-hybridized carbons (Fsp3) is 0. The second kappa shape index (κ2) is 9.72. The van der Waals surface area contributed by atoms with Gasteiger partial charge in [0.1, 0.15) is 0 Å². The number of hydrogen-bond acceptors (Lipinski definition) is 4. The monoisotopic (exact) mass is 396 g/mol. The molecular formula is C18H14BF5N2O2. The van der Waals surface area contributed by atoms with Gasteiger partial charge in [-0.25, -0.2) is 22.0 Å². The molecule has 0 spiro atoms. The highest BCUT2D eigenvalue weighted by atomic mass is 19.2. The largest absolute Gasteiger partial charge is 0.494 e. The van der Waals surface area contributed by atoms with E-state index in [1.165, 1.54) is 0 Å². The molecule has 0 radical (unpaired) electrons. The predicted octanol–water partition coefficient (Wildman–Crippen LogP) is 3.19. The van der Waals surface area contributed by atoms with Crippen molar-refractivity contribution in [2.24, 2.45) is 0 Å². The summed E-state index contributed by atoms with van der Waals surface area (Å²) in [5, 5.41) is 16.7. The summed E-state index contributed by atoms with van der Waals surface area (Å²) in [7, 11) is -2.76.